The number of likely N-dealkylation sites (N-methyl/N-ethyl adjacent to an activating group) is 1. The summed E-state index contributed by atoms with van der Waals surface area (Å²) in [6.45, 7) is 5.42. The number of anilines is 1. The number of nitrogens with zero attached hydrogens (tertiary/aromatic N) is 2. The first-order valence-corrected chi connectivity index (χ1v) is 11.1. The molecule has 0 radical (unpaired) electrons. The number of rotatable bonds is 7. The fourth-order valence-electron chi connectivity index (χ4n) is 4.15. The lowest BCUT2D eigenvalue weighted by Crippen LogP contribution is -2.43. The molecule has 0 spiro atoms. The van der Waals surface area contributed by atoms with Crippen LogP contribution in [0.25, 0.3) is 0 Å². The van der Waals surface area contributed by atoms with E-state index in [1.54, 1.807) is 0 Å². The summed E-state index contributed by atoms with van der Waals surface area (Å²) in [6, 6.07) is 28.8. The van der Waals surface area contributed by atoms with Gasteiger partial charge in [0, 0.05) is 50.7 Å². The van der Waals surface area contributed by atoms with E-state index in [1.807, 2.05) is 48.5 Å². The monoisotopic (exact) mass is 413 g/mol. The summed E-state index contributed by atoms with van der Waals surface area (Å²) in [5.74, 6) is 0.0726. The number of carbonyl (C=O) groups excluding carboxylic acids is 1. The van der Waals surface area contributed by atoms with E-state index in [4.69, 9.17) is 0 Å². The van der Waals surface area contributed by atoms with Crippen molar-refractivity contribution >= 4 is 11.6 Å². The van der Waals surface area contributed by atoms with Crippen LogP contribution in [0.3, 0.4) is 0 Å². The highest BCUT2D eigenvalue weighted by atomic mass is 16.1. The second-order valence-corrected chi connectivity index (χ2v) is 8.40. The van der Waals surface area contributed by atoms with Crippen molar-refractivity contribution in [1.82, 2.24) is 9.80 Å². The summed E-state index contributed by atoms with van der Waals surface area (Å²) in [5.41, 5.74) is 4.46. The molecule has 1 N–H and O–H groups in total. The van der Waals surface area contributed by atoms with Crippen molar-refractivity contribution in [2.75, 3.05) is 38.5 Å². The second-order valence-electron chi connectivity index (χ2n) is 8.40. The number of nitrogens with one attached hydrogen (secondary N) is 1. The van der Waals surface area contributed by atoms with Gasteiger partial charge in [0.1, 0.15) is 0 Å². The molecule has 0 saturated carbocycles. The van der Waals surface area contributed by atoms with Crippen LogP contribution in [0.5, 0.6) is 0 Å². The Kier molecular flexibility index (Phi) is 7.13. The zero-order valence-electron chi connectivity index (χ0n) is 18.2. The molecule has 1 fully saturated rings. The lowest BCUT2D eigenvalue weighted by molar-refractivity contribution is -0.116. The summed E-state index contributed by atoms with van der Waals surface area (Å²) in [4.78, 5) is 17.7. The third-order valence-electron chi connectivity index (χ3n) is 6.03. The summed E-state index contributed by atoms with van der Waals surface area (Å²) in [5, 5.41) is 3.09. The van der Waals surface area contributed by atoms with Crippen molar-refractivity contribution in [2.24, 2.45) is 0 Å². The van der Waals surface area contributed by atoms with Gasteiger partial charge in [-0.05, 0) is 35.9 Å². The molecule has 1 aliphatic heterocycles. The van der Waals surface area contributed by atoms with Gasteiger partial charge in [0.25, 0.3) is 0 Å². The first-order valence-electron chi connectivity index (χ1n) is 11.1. The standard InChI is InChI=1S/C27H31N3O/c1-29-16-18-30(19-17-29)21-22-12-14-25(15-13-22)28-27(31)20-26(23-8-4-2-5-9-23)24-10-6-3-7-11-24/h2-15,26H,16-21H2,1H3,(H,28,31). The number of hydrogen-bond donors (Lipinski definition) is 1. The fourth-order valence-corrected chi connectivity index (χ4v) is 4.15. The zero-order valence-corrected chi connectivity index (χ0v) is 18.2. The van der Waals surface area contributed by atoms with E-state index < -0.39 is 0 Å². The number of hydrogen-bond acceptors (Lipinski definition) is 3. The summed E-state index contributed by atoms with van der Waals surface area (Å²) < 4.78 is 0. The predicted octanol–water partition coefficient (Wildman–Crippen LogP) is 4.59. The average molecular weight is 414 g/mol. The van der Waals surface area contributed by atoms with Gasteiger partial charge in [0.15, 0.2) is 0 Å². The third-order valence-corrected chi connectivity index (χ3v) is 6.03. The van der Waals surface area contributed by atoms with E-state index >= 15 is 0 Å². The van der Waals surface area contributed by atoms with Crippen LogP contribution in [0.4, 0.5) is 5.69 Å². The largest absolute Gasteiger partial charge is 0.326 e. The molecule has 1 saturated heterocycles. The van der Waals surface area contributed by atoms with E-state index in [9.17, 15) is 4.79 Å². The summed E-state index contributed by atoms with van der Waals surface area (Å²) >= 11 is 0. The topological polar surface area (TPSA) is 35.6 Å². The van der Waals surface area contributed by atoms with Crippen LogP contribution in [-0.4, -0.2) is 48.9 Å². The Balaban J connectivity index is 1.38. The second kappa shape index (κ2) is 10.4. The number of benzene rings is 3. The van der Waals surface area contributed by atoms with Gasteiger partial charge in [-0.2, -0.15) is 0 Å². The molecular formula is C27H31N3O. The minimum absolute atomic E-state index is 0.0320. The molecule has 4 rings (SSSR count). The Labute approximate surface area is 185 Å². The molecule has 0 bridgehead atoms. The molecule has 4 nitrogen and oxygen atoms in total. The van der Waals surface area contributed by atoms with Gasteiger partial charge < -0.3 is 10.2 Å². The van der Waals surface area contributed by atoms with Crippen LogP contribution >= 0.6 is 0 Å². The van der Waals surface area contributed by atoms with E-state index in [1.165, 1.54) is 5.56 Å². The van der Waals surface area contributed by atoms with Crippen LogP contribution in [0, 0.1) is 0 Å². The molecule has 4 heteroatoms. The van der Waals surface area contributed by atoms with Gasteiger partial charge in [0.05, 0.1) is 0 Å². The van der Waals surface area contributed by atoms with Crippen molar-refractivity contribution in [3.8, 4) is 0 Å². The Morgan fingerprint density at radius 2 is 1.35 bits per heavy atom. The third kappa shape index (κ3) is 6.03. The van der Waals surface area contributed by atoms with Gasteiger partial charge in [-0.1, -0.05) is 72.8 Å². The maximum absolute atomic E-state index is 12.9. The number of carbonyl (C=O) groups is 1. The average Bonchev–Trinajstić information content (AvgIpc) is 2.81. The fraction of sp³-hybridized carbons (Fsp3) is 0.296. The van der Waals surface area contributed by atoms with E-state index in [-0.39, 0.29) is 11.8 Å². The number of piperazine rings is 1. The predicted molar refractivity (Wildman–Crippen MR) is 127 cm³/mol. The van der Waals surface area contributed by atoms with Gasteiger partial charge in [-0.25, -0.2) is 0 Å². The van der Waals surface area contributed by atoms with Gasteiger partial charge >= 0.3 is 0 Å². The minimum atomic E-state index is 0.0320. The highest BCUT2D eigenvalue weighted by Crippen LogP contribution is 2.28. The van der Waals surface area contributed by atoms with E-state index in [0.29, 0.717) is 6.42 Å². The first-order chi connectivity index (χ1) is 15.2. The Hall–Kier alpha value is -2.95. The van der Waals surface area contributed by atoms with Crippen LogP contribution in [0.1, 0.15) is 29.0 Å². The maximum Gasteiger partial charge on any atom is 0.225 e. The molecule has 1 heterocycles. The number of amides is 1. The lowest BCUT2D eigenvalue weighted by Gasteiger charge is -2.32. The smallest absolute Gasteiger partial charge is 0.225 e. The van der Waals surface area contributed by atoms with Gasteiger partial charge in [-0.3, -0.25) is 9.69 Å². The zero-order chi connectivity index (χ0) is 21.5. The summed E-state index contributed by atoms with van der Waals surface area (Å²) in [7, 11) is 2.18. The quantitative estimate of drug-likeness (QED) is 0.615. The van der Waals surface area contributed by atoms with Crippen molar-refractivity contribution in [3.63, 3.8) is 0 Å². The van der Waals surface area contributed by atoms with Crippen molar-refractivity contribution < 1.29 is 4.79 Å². The van der Waals surface area contributed by atoms with Crippen LogP contribution < -0.4 is 5.32 Å². The molecule has 3 aromatic carbocycles. The van der Waals surface area contributed by atoms with Crippen LogP contribution in [0.15, 0.2) is 84.9 Å². The normalized spacial score (nSPS) is 15.2. The molecule has 1 amide bonds. The molecule has 0 unspecified atom stereocenters. The molecule has 31 heavy (non-hydrogen) atoms. The molecule has 0 aromatic heterocycles. The molecule has 1 aliphatic rings. The highest BCUT2D eigenvalue weighted by Gasteiger charge is 2.18. The maximum atomic E-state index is 12.9. The Morgan fingerprint density at radius 1 is 0.806 bits per heavy atom. The molecular weight excluding hydrogens is 382 g/mol. The van der Waals surface area contributed by atoms with Crippen molar-refractivity contribution in [2.45, 2.75) is 18.9 Å². The first kappa shape index (κ1) is 21.3. The SMILES string of the molecule is CN1CCN(Cc2ccc(NC(=O)CC(c3ccccc3)c3ccccc3)cc2)CC1. The van der Waals surface area contributed by atoms with Crippen molar-refractivity contribution in [3.05, 3.63) is 102 Å². The molecule has 0 atom stereocenters. The highest BCUT2D eigenvalue weighted by molar-refractivity contribution is 5.91. The lowest BCUT2D eigenvalue weighted by atomic mass is 9.88. The molecule has 3 aromatic rings. The van der Waals surface area contributed by atoms with Crippen LogP contribution in [-0.2, 0) is 11.3 Å². The van der Waals surface area contributed by atoms with E-state index in [0.717, 1.165) is 49.5 Å². The van der Waals surface area contributed by atoms with Gasteiger partial charge in [-0.15, -0.1) is 0 Å². The Bertz CT molecular complexity index is 909. The van der Waals surface area contributed by atoms with Gasteiger partial charge in [0.2, 0.25) is 5.91 Å². The Morgan fingerprint density at radius 3 is 1.90 bits per heavy atom. The van der Waals surface area contributed by atoms with E-state index in [2.05, 4.69) is 58.6 Å². The minimum Gasteiger partial charge on any atom is -0.326 e. The summed E-state index contributed by atoms with van der Waals surface area (Å²) in [6.07, 6.45) is 0.414. The van der Waals surface area contributed by atoms with Crippen molar-refractivity contribution in [1.29, 1.82) is 0 Å². The van der Waals surface area contributed by atoms with Crippen LogP contribution in [0.2, 0.25) is 0 Å². The molecule has 160 valence electrons. The molecule has 0 aliphatic carbocycles.